The maximum atomic E-state index is 9.15. The third-order valence-electron chi connectivity index (χ3n) is 6.16. The molecule has 31 heavy (non-hydrogen) atoms. The van der Waals surface area contributed by atoms with Crippen LogP contribution in [0.1, 0.15) is 37.7 Å². The van der Waals surface area contributed by atoms with Crippen LogP contribution in [0.2, 0.25) is 5.02 Å². The van der Waals surface area contributed by atoms with E-state index >= 15 is 0 Å². The quantitative estimate of drug-likeness (QED) is 0.668. The standard InChI is InChI=1S/C23H23ClN4O2S/c24-21-14-18(3-2-16(21)15-25)28-22(31)27(23(30-28)10-1-11-23)17-4-6-19(7-5-17)29-20-8-12-26-13-9-20/h2-7,14,20,26H,1,8-13H2. The molecule has 3 aliphatic rings. The van der Waals surface area contributed by atoms with Gasteiger partial charge in [0.2, 0.25) is 5.11 Å². The molecule has 0 atom stereocenters. The Hall–Kier alpha value is -2.37. The van der Waals surface area contributed by atoms with Crippen LogP contribution in [0.15, 0.2) is 42.5 Å². The van der Waals surface area contributed by atoms with Gasteiger partial charge in [-0.1, -0.05) is 11.6 Å². The molecule has 2 heterocycles. The van der Waals surface area contributed by atoms with Crippen molar-refractivity contribution in [2.75, 3.05) is 23.1 Å². The highest BCUT2D eigenvalue weighted by molar-refractivity contribution is 7.80. The van der Waals surface area contributed by atoms with E-state index in [-0.39, 0.29) is 6.10 Å². The summed E-state index contributed by atoms with van der Waals surface area (Å²) in [4.78, 5) is 8.46. The van der Waals surface area contributed by atoms with Crippen molar-refractivity contribution in [1.82, 2.24) is 5.32 Å². The van der Waals surface area contributed by atoms with E-state index in [0.717, 1.165) is 56.6 Å². The van der Waals surface area contributed by atoms with Gasteiger partial charge >= 0.3 is 0 Å². The zero-order valence-corrected chi connectivity index (χ0v) is 18.6. The third-order valence-corrected chi connectivity index (χ3v) is 6.82. The lowest BCUT2D eigenvalue weighted by atomic mass is 9.86. The monoisotopic (exact) mass is 454 g/mol. The normalized spacial score (nSPS) is 20.6. The Balaban J connectivity index is 1.38. The van der Waals surface area contributed by atoms with Crippen LogP contribution < -0.4 is 20.0 Å². The van der Waals surface area contributed by atoms with Crippen LogP contribution >= 0.6 is 23.8 Å². The minimum Gasteiger partial charge on any atom is -0.490 e. The summed E-state index contributed by atoms with van der Waals surface area (Å²) in [6, 6.07) is 15.4. The first-order valence-corrected chi connectivity index (χ1v) is 11.4. The molecule has 1 aliphatic carbocycles. The number of nitrogens with one attached hydrogen (secondary N) is 1. The van der Waals surface area contributed by atoms with Gasteiger partial charge in [0, 0.05) is 5.69 Å². The summed E-state index contributed by atoms with van der Waals surface area (Å²) in [5, 5.41) is 15.1. The van der Waals surface area contributed by atoms with Crippen molar-refractivity contribution in [1.29, 1.82) is 5.26 Å². The molecule has 0 aromatic heterocycles. The molecule has 0 radical (unpaired) electrons. The fraction of sp³-hybridized carbons (Fsp3) is 0.391. The van der Waals surface area contributed by atoms with Crippen LogP contribution in [0.5, 0.6) is 5.75 Å². The summed E-state index contributed by atoms with van der Waals surface area (Å²) < 4.78 is 6.14. The first-order chi connectivity index (χ1) is 15.1. The number of anilines is 2. The molecule has 0 unspecified atom stereocenters. The highest BCUT2D eigenvalue weighted by Crippen LogP contribution is 2.48. The topological polar surface area (TPSA) is 60.8 Å². The van der Waals surface area contributed by atoms with Gasteiger partial charge in [0.1, 0.15) is 17.9 Å². The number of nitriles is 1. The molecule has 0 bridgehead atoms. The molecule has 160 valence electrons. The van der Waals surface area contributed by atoms with Crippen molar-refractivity contribution in [2.24, 2.45) is 0 Å². The molecule has 2 aromatic carbocycles. The largest absolute Gasteiger partial charge is 0.490 e. The molecule has 2 aliphatic heterocycles. The molecule has 1 spiro atoms. The number of hydroxylamine groups is 1. The number of rotatable bonds is 4. The summed E-state index contributed by atoms with van der Waals surface area (Å²) in [7, 11) is 0. The molecular weight excluding hydrogens is 432 g/mol. The molecular formula is C23H23ClN4O2S. The van der Waals surface area contributed by atoms with Gasteiger partial charge in [-0.2, -0.15) is 10.3 Å². The highest BCUT2D eigenvalue weighted by atomic mass is 35.5. The Morgan fingerprint density at radius 1 is 1.13 bits per heavy atom. The van der Waals surface area contributed by atoms with Crippen LogP contribution in [0.3, 0.4) is 0 Å². The Morgan fingerprint density at radius 2 is 1.84 bits per heavy atom. The smallest absolute Gasteiger partial charge is 0.207 e. The van der Waals surface area contributed by atoms with E-state index in [1.807, 2.05) is 30.3 Å². The second-order valence-electron chi connectivity index (χ2n) is 8.14. The zero-order valence-electron chi connectivity index (χ0n) is 17.0. The average Bonchev–Trinajstić information content (AvgIpc) is 3.09. The van der Waals surface area contributed by atoms with E-state index in [1.165, 1.54) is 0 Å². The third kappa shape index (κ3) is 3.74. The highest BCUT2D eigenvalue weighted by Gasteiger charge is 2.54. The number of ether oxygens (including phenoxy) is 1. The fourth-order valence-corrected chi connectivity index (χ4v) is 4.95. The van der Waals surface area contributed by atoms with Gasteiger partial charge in [-0.05, 0) is 99.9 Å². The van der Waals surface area contributed by atoms with Crippen molar-refractivity contribution in [3.05, 3.63) is 53.1 Å². The molecule has 1 saturated carbocycles. The van der Waals surface area contributed by atoms with Crippen molar-refractivity contribution in [3.63, 3.8) is 0 Å². The molecule has 6 nitrogen and oxygen atoms in total. The molecule has 2 saturated heterocycles. The number of hydrogen-bond donors (Lipinski definition) is 1. The fourth-order valence-electron chi connectivity index (χ4n) is 4.32. The van der Waals surface area contributed by atoms with E-state index < -0.39 is 5.72 Å². The number of nitrogens with zero attached hydrogens (tertiary/aromatic N) is 3. The lowest BCUT2D eigenvalue weighted by Crippen LogP contribution is -2.51. The van der Waals surface area contributed by atoms with Gasteiger partial charge in [0.05, 0.1) is 16.3 Å². The Bertz CT molecular complexity index is 1030. The van der Waals surface area contributed by atoms with Crippen LogP contribution in [0, 0.1) is 11.3 Å². The van der Waals surface area contributed by atoms with Gasteiger partial charge in [0.15, 0.2) is 5.72 Å². The van der Waals surface area contributed by atoms with E-state index in [0.29, 0.717) is 21.4 Å². The Morgan fingerprint density at radius 3 is 2.45 bits per heavy atom. The molecule has 0 amide bonds. The number of thiocarbonyl (C=S) groups is 1. The van der Waals surface area contributed by atoms with Crippen LogP contribution in [-0.4, -0.2) is 30.0 Å². The van der Waals surface area contributed by atoms with Crippen molar-refractivity contribution < 1.29 is 9.57 Å². The Kier molecular flexibility index (Phi) is 5.49. The first kappa shape index (κ1) is 20.5. The predicted octanol–water partition coefficient (Wildman–Crippen LogP) is 4.77. The molecule has 5 rings (SSSR count). The molecule has 8 heteroatoms. The summed E-state index contributed by atoms with van der Waals surface area (Å²) in [6.07, 6.45) is 5.17. The van der Waals surface area contributed by atoms with Crippen molar-refractivity contribution >= 4 is 40.3 Å². The van der Waals surface area contributed by atoms with E-state index in [4.69, 9.17) is 38.7 Å². The molecule has 3 fully saturated rings. The second kappa shape index (κ2) is 8.29. The average molecular weight is 455 g/mol. The van der Waals surface area contributed by atoms with Gasteiger partial charge in [-0.25, -0.2) is 4.84 Å². The maximum Gasteiger partial charge on any atom is 0.207 e. The summed E-state index contributed by atoms with van der Waals surface area (Å²) in [5.74, 6) is 0.875. The maximum absolute atomic E-state index is 9.15. The van der Waals surface area contributed by atoms with E-state index in [9.17, 15) is 0 Å². The van der Waals surface area contributed by atoms with Crippen molar-refractivity contribution in [3.8, 4) is 11.8 Å². The summed E-state index contributed by atoms with van der Waals surface area (Å²) >= 11 is 12.1. The SMILES string of the molecule is N#Cc1ccc(N2OC3(CCC3)N(c3ccc(OC4CCNCC4)cc3)C2=S)cc1Cl. The number of benzene rings is 2. The van der Waals surface area contributed by atoms with Crippen LogP contribution in [0.25, 0.3) is 0 Å². The van der Waals surface area contributed by atoms with Crippen LogP contribution in [0.4, 0.5) is 11.4 Å². The molecule has 1 N–H and O–H groups in total. The van der Waals surface area contributed by atoms with Crippen LogP contribution in [-0.2, 0) is 4.84 Å². The number of halogens is 1. The zero-order chi connectivity index (χ0) is 21.4. The molecule has 2 aromatic rings. The lowest BCUT2D eigenvalue weighted by Gasteiger charge is -2.42. The Labute approximate surface area is 192 Å². The van der Waals surface area contributed by atoms with E-state index in [1.54, 1.807) is 17.2 Å². The van der Waals surface area contributed by atoms with E-state index in [2.05, 4.69) is 16.3 Å². The number of piperidine rings is 1. The predicted molar refractivity (Wildman–Crippen MR) is 124 cm³/mol. The summed E-state index contributed by atoms with van der Waals surface area (Å²) in [5.41, 5.74) is 1.64. The minimum absolute atomic E-state index is 0.262. The van der Waals surface area contributed by atoms with Gasteiger partial charge < -0.3 is 10.1 Å². The lowest BCUT2D eigenvalue weighted by molar-refractivity contribution is -0.0664. The van der Waals surface area contributed by atoms with Gasteiger partial charge in [0.25, 0.3) is 0 Å². The first-order valence-electron chi connectivity index (χ1n) is 10.6. The second-order valence-corrected chi connectivity index (χ2v) is 8.91. The van der Waals surface area contributed by atoms with Gasteiger partial charge in [-0.15, -0.1) is 0 Å². The van der Waals surface area contributed by atoms with Crippen molar-refractivity contribution in [2.45, 2.75) is 43.9 Å². The number of hydrogen-bond acceptors (Lipinski definition) is 5. The summed E-state index contributed by atoms with van der Waals surface area (Å²) in [6.45, 7) is 2.00. The van der Waals surface area contributed by atoms with Gasteiger partial charge in [-0.3, -0.25) is 4.90 Å². The minimum atomic E-state index is -0.477.